The van der Waals surface area contributed by atoms with E-state index in [1.54, 1.807) is 22.7 Å². The van der Waals surface area contributed by atoms with E-state index in [1.807, 2.05) is 0 Å². The van der Waals surface area contributed by atoms with E-state index in [4.69, 9.17) is 15.0 Å². The second-order valence-electron chi connectivity index (χ2n) is 16.3. The summed E-state index contributed by atoms with van der Waals surface area (Å²) in [7, 11) is 0. The first-order valence-corrected chi connectivity index (χ1v) is 22.8. The highest BCUT2D eigenvalue weighted by molar-refractivity contribution is 7.26. The Morgan fingerprint density at radius 3 is 1.59 bits per heavy atom. The van der Waals surface area contributed by atoms with Crippen molar-refractivity contribution in [1.29, 1.82) is 0 Å². The molecule has 0 aliphatic carbocycles. The number of para-hydroxylation sites is 1. The molecule has 0 saturated heterocycles. The van der Waals surface area contributed by atoms with Crippen molar-refractivity contribution >= 4 is 117 Å². The molecule has 4 heterocycles. The molecule has 0 bridgehead atoms. The van der Waals surface area contributed by atoms with E-state index in [1.165, 1.54) is 83.4 Å². The maximum Gasteiger partial charge on any atom is 0.164 e. The molecule has 292 valence electrons. The van der Waals surface area contributed by atoms with Crippen molar-refractivity contribution < 1.29 is 0 Å². The molecule has 0 saturated carbocycles. The molecular formula is C57H32N4S2. The van der Waals surface area contributed by atoms with E-state index >= 15 is 0 Å². The van der Waals surface area contributed by atoms with Gasteiger partial charge in [0, 0.05) is 73.5 Å². The quantitative estimate of drug-likeness (QED) is 0.166. The Hall–Kier alpha value is -7.77. The largest absolute Gasteiger partial charge is 0.309 e. The van der Waals surface area contributed by atoms with Crippen molar-refractivity contribution in [2.45, 2.75) is 0 Å². The zero-order chi connectivity index (χ0) is 41.2. The molecule has 0 atom stereocenters. The molecule has 0 unspecified atom stereocenters. The topological polar surface area (TPSA) is 43.6 Å². The lowest BCUT2D eigenvalue weighted by atomic mass is 9.94. The van der Waals surface area contributed by atoms with Crippen molar-refractivity contribution in [2.75, 3.05) is 0 Å². The van der Waals surface area contributed by atoms with Gasteiger partial charge in [-0.05, 0) is 80.8 Å². The van der Waals surface area contributed by atoms with Gasteiger partial charge in [0.25, 0.3) is 0 Å². The SMILES string of the molecule is c1cc(-c2nc(-c3cccc4sc5ccccc5c34)nc(-c3cccc4sc5ccccc5c34)n2)cc(-n2c3ccccc3c3c4ccc5ccc6ccccc6c5c4ccc32)c1. The lowest BCUT2D eigenvalue weighted by Gasteiger charge is -2.13. The van der Waals surface area contributed by atoms with E-state index in [2.05, 4.69) is 199 Å². The van der Waals surface area contributed by atoms with Crippen LogP contribution in [0.25, 0.3) is 134 Å². The summed E-state index contributed by atoms with van der Waals surface area (Å²) >= 11 is 3.61. The molecule has 10 aromatic carbocycles. The van der Waals surface area contributed by atoms with E-state index in [0.29, 0.717) is 17.5 Å². The fourth-order valence-electron chi connectivity index (χ4n) is 10.1. The minimum Gasteiger partial charge on any atom is -0.309 e. The van der Waals surface area contributed by atoms with Crippen LogP contribution in [0.5, 0.6) is 0 Å². The first-order chi connectivity index (χ1) is 31.2. The number of fused-ring (bicyclic) bond motifs is 15. The van der Waals surface area contributed by atoms with Crippen LogP contribution >= 0.6 is 22.7 Å². The van der Waals surface area contributed by atoms with Gasteiger partial charge >= 0.3 is 0 Å². The Labute approximate surface area is 368 Å². The summed E-state index contributed by atoms with van der Waals surface area (Å²) in [5.74, 6) is 1.96. The van der Waals surface area contributed by atoms with E-state index in [-0.39, 0.29) is 0 Å². The molecule has 14 aromatic rings. The number of hydrogen-bond donors (Lipinski definition) is 0. The zero-order valence-electron chi connectivity index (χ0n) is 33.6. The third-order valence-corrected chi connectivity index (χ3v) is 15.1. The van der Waals surface area contributed by atoms with Gasteiger partial charge in [0.05, 0.1) is 11.0 Å². The highest BCUT2D eigenvalue weighted by Gasteiger charge is 2.21. The monoisotopic (exact) mass is 836 g/mol. The van der Waals surface area contributed by atoms with Crippen molar-refractivity contribution in [1.82, 2.24) is 19.5 Å². The molecule has 4 aromatic heterocycles. The van der Waals surface area contributed by atoms with Gasteiger partial charge in [-0.15, -0.1) is 22.7 Å². The summed E-state index contributed by atoms with van der Waals surface area (Å²) in [4.78, 5) is 16.1. The van der Waals surface area contributed by atoms with Crippen LogP contribution in [0.15, 0.2) is 194 Å². The summed E-state index contributed by atoms with van der Waals surface area (Å²) in [5, 5.41) is 14.8. The molecule has 0 radical (unpaired) electrons. The van der Waals surface area contributed by atoms with Gasteiger partial charge in [-0.2, -0.15) is 0 Å². The van der Waals surface area contributed by atoms with Crippen LogP contribution in [0.2, 0.25) is 0 Å². The van der Waals surface area contributed by atoms with Crippen molar-refractivity contribution in [3.8, 4) is 39.9 Å². The molecule has 0 aliphatic heterocycles. The van der Waals surface area contributed by atoms with Gasteiger partial charge in [-0.25, -0.2) is 15.0 Å². The van der Waals surface area contributed by atoms with Gasteiger partial charge in [0.15, 0.2) is 17.5 Å². The Bertz CT molecular complexity index is 4100. The maximum atomic E-state index is 5.38. The second kappa shape index (κ2) is 13.4. The van der Waals surface area contributed by atoms with E-state index < -0.39 is 0 Å². The van der Waals surface area contributed by atoms with Gasteiger partial charge < -0.3 is 4.57 Å². The standard InChI is InChI=1S/C57H32N4S2/c1-2-15-37-33(12-1)26-27-34-28-29-39-38(51(34)37)30-31-46-52(39)40-16-3-6-21-45(40)61(46)36-14-9-13-35(32-36)55-58-56(43-19-10-24-49-53(43)41-17-4-7-22-47(41)62-49)60-57(59-55)44-20-11-25-50-54(44)42-18-5-8-23-48(42)63-50/h1-32H. The van der Waals surface area contributed by atoms with Crippen LogP contribution in [-0.2, 0) is 0 Å². The zero-order valence-corrected chi connectivity index (χ0v) is 35.2. The summed E-state index contributed by atoms with van der Waals surface area (Å²) in [6.07, 6.45) is 0. The van der Waals surface area contributed by atoms with Crippen LogP contribution in [-0.4, -0.2) is 19.5 Å². The highest BCUT2D eigenvalue weighted by Crippen LogP contribution is 2.44. The number of nitrogens with zero attached hydrogens (tertiary/aromatic N) is 4. The lowest BCUT2D eigenvalue weighted by Crippen LogP contribution is -2.01. The van der Waals surface area contributed by atoms with Crippen LogP contribution in [0.3, 0.4) is 0 Å². The Morgan fingerprint density at radius 2 is 0.857 bits per heavy atom. The molecule has 6 heteroatoms. The Kier molecular flexibility index (Phi) is 7.40. The minimum atomic E-state index is 0.634. The fourth-order valence-corrected chi connectivity index (χ4v) is 12.4. The number of benzene rings is 10. The molecule has 14 rings (SSSR count). The Morgan fingerprint density at radius 1 is 0.317 bits per heavy atom. The predicted octanol–water partition coefficient (Wildman–Crippen LogP) is 16.2. The number of hydrogen-bond acceptors (Lipinski definition) is 5. The van der Waals surface area contributed by atoms with Crippen LogP contribution in [0, 0.1) is 0 Å². The summed E-state index contributed by atoms with van der Waals surface area (Å²) in [6.45, 7) is 0. The molecule has 0 aliphatic rings. The number of rotatable bonds is 4. The van der Waals surface area contributed by atoms with Crippen molar-refractivity contribution in [2.24, 2.45) is 0 Å². The average Bonchev–Trinajstić information content (AvgIpc) is 4.03. The van der Waals surface area contributed by atoms with E-state index in [9.17, 15) is 0 Å². The van der Waals surface area contributed by atoms with Gasteiger partial charge in [0.1, 0.15) is 0 Å². The third-order valence-electron chi connectivity index (χ3n) is 12.8. The van der Waals surface area contributed by atoms with Crippen molar-refractivity contribution in [3.63, 3.8) is 0 Å². The van der Waals surface area contributed by atoms with Gasteiger partial charge in [-0.1, -0.05) is 146 Å². The average molecular weight is 837 g/mol. The first-order valence-electron chi connectivity index (χ1n) is 21.2. The van der Waals surface area contributed by atoms with Crippen LogP contribution < -0.4 is 0 Å². The molecule has 0 spiro atoms. The normalized spacial score (nSPS) is 12.1. The third kappa shape index (κ3) is 5.17. The molecule has 4 nitrogen and oxygen atoms in total. The summed E-state index contributed by atoms with van der Waals surface area (Å²) in [6, 6.07) is 70.2. The molecule has 0 fully saturated rings. The highest BCUT2D eigenvalue weighted by atomic mass is 32.1. The van der Waals surface area contributed by atoms with Gasteiger partial charge in [0.2, 0.25) is 0 Å². The van der Waals surface area contributed by atoms with Crippen LogP contribution in [0.1, 0.15) is 0 Å². The number of aromatic nitrogens is 4. The number of thiophene rings is 2. The first kappa shape index (κ1) is 34.9. The molecule has 63 heavy (non-hydrogen) atoms. The smallest absolute Gasteiger partial charge is 0.164 e. The fraction of sp³-hybridized carbons (Fsp3) is 0. The lowest BCUT2D eigenvalue weighted by molar-refractivity contribution is 1.08. The molecular weight excluding hydrogens is 805 g/mol. The maximum absolute atomic E-state index is 5.38. The minimum absolute atomic E-state index is 0.634. The van der Waals surface area contributed by atoms with Gasteiger partial charge in [-0.3, -0.25) is 0 Å². The second-order valence-corrected chi connectivity index (χ2v) is 18.4. The van der Waals surface area contributed by atoms with E-state index in [0.717, 1.165) is 33.4 Å². The van der Waals surface area contributed by atoms with Crippen molar-refractivity contribution in [3.05, 3.63) is 194 Å². The van der Waals surface area contributed by atoms with Crippen LogP contribution in [0.4, 0.5) is 0 Å². The molecule has 0 amide bonds. The Balaban J connectivity index is 1.02. The predicted molar refractivity (Wildman–Crippen MR) is 269 cm³/mol. The summed E-state index contributed by atoms with van der Waals surface area (Å²) < 4.78 is 7.32. The molecule has 0 N–H and O–H groups in total. The summed E-state index contributed by atoms with van der Waals surface area (Å²) in [5.41, 5.74) is 6.28.